The van der Waals surface area contributed by atoms with Crippen molar-refractivity contribution in [1.29, 1.82) is 0 Å². The number of amides is 2. The third kappa shape index (κ3) is 6.62. The monoisotopic (exact) mass is 568 g/mol. The molecule has 0 aromatic heterocycles. The third-order valence-corrected chi connectivity index (χ3v) is 9.72. The minimum atomic E-state index is -0.492. The molecule has 0 aliphatic carbocycles. The fourth-order valence-electron chi connectivity index (χ4n) is 6.37. The van der Waals surface area contributed by atoms with Crippen LogP contribution in [-0.2, 0) is 22.6 Å². The van der Waals surface area contributed by atoms with Crippen molar-refractivity contribution in [2.24, 2.45) is 0 Å². The summed E-state index contributed by atoms with van der Waals surface area (Å²) >= 11 is 1.77. The molecule has 0 bridgehead atoms. The molecular weight excluding hydrogens is 528 g/mol. The number of piperidine rings is 1. The number of carbonyl (C=O) groups is 2. The SMILES string of the molecule is O=C(CCN1c2ccccc2Sc2ccccc21)N[C@@H](CCCN1CCCCC1)C(=O)N1CCc2ccccc2C1. The molecule has 0 saturated carbocycles. The van der Waals surface area contributed by atoms with E-state index in [-0.39, 0.29) is 11.8 Å². The minimum absolute atomic E-state index is 0.0524. The molecule has 0 radical (unpaired) electrons. The average molecular weight is 569 g/mol. The van der Waals surface area contributed by atoms with Crippen LogP contribution in [0.2, 0.25) is 0 Å². The summed E-state index contributed by atoms with van der Waals surface area (Å²) in [5.41, 5.74) is 4.79. The predicted octanol–water partition coefficient (Wildman–Crippen LogP) is 6.02. The van der Waals surface area contributed by atoms with E-state index in [2.05, 4.69) is 69.7 Å². The van der Waals surface area contributed by atoms with Gasteiger partial charge in [0, 0.05) is 35.8 Å². The fourth-order valence-corrected chi connectivity index (χ4v) is 7.46. The van der Waals surface area contributed by atoms with Crippen molar-refractivity contribution in [3.63, 3.8) is 0 Å². The van der Waals surface area contributed by atoms with E-state index in [0.717, 1.165) is 43.9 Å². The number of nitrogens with one attached hydrogen (secondary N) is 1. The van der Waals surface area contributed by atoms with Crippen molar-refractivity contribution < 1.29 is 9.59 Å². The van der Waals surface area contributed by atoms with E-state index in [1.807, 2.05) is 23.1 Å². The fraction of sp³-hybridized carbons (Fsp3) is 0.412. The van der Waals surface area contributed by atoms with Gasteiger partial charge in [-0.1, -0.05) is 66.7 Å². The van der Waals surface area contributed by atoms with Gasteiger partial charge in [-0.25, -0.2) is 0 Å². The predicted molar refractivity (Wildman–Crippen MR) is 166 cm³/mol. The first-order valence-corrected chi connectivity index (χ1v) is 16.0. The Morgan fingerprint density at radius 1 is 0.780 bits per heavy atom. The van der Waals surface area contributed by atoms with E-state index in [9.17, 15) is 9.59 Å². The number of carbonyl (C=O) groups excluding carboxylic acids is 2. The Labute approximate surface area is 248 Å². The summed E-state index contributed by atoms with van der Waals surface area (Å²) in [7, 11) is 0. The van der Waals surface area contributed by atoms with Gasteiger partial charge in [0.15, 0.2) is 0 Å². The lowest BCUT2D eigenvalue weighted by molar-refractivity contribution is -0.137. The molecule has 214 valence electrons. The van der Waals surface area contributed by atoms with Crippen LogP contribution in [0.15, 0.2) is 82.6 Å². The number of hydrogen-bond donors (Lipinski definition) is 1. The lowest BCUT2D eigenvalue weighted by Gasteiger charge is -2.34. The van der Waals surface area contributed by atoms with Crippen LogP contribution in [0.4, 0.5) is 11.4 Å². The van der Waals surface area contributed by atoms with Gasteiger partial charge in [0.2, 0.25) is 11.8 Å². The molecule has 3 heterocycles. The van der Waals surface area contributed by atoms with E-state index in [1.165, 1.54) is 40.2 Å². The van der Waals surface area contributed by atoms with Crippen LogP contribution in [0.25, 0.3) is 0 Å². The summed E-state index contributed by atoms with van der Waals surface area (Å²) in [5, 5.41) is 3.18. The molecule has 1 atom stereocenters. The highest BCUT2D eigenvalue weighted by atomic mass is 32.2. The van der Waals surface area contributed by atoms with Crippen LogP contribution >= 0.6 is 11.8 Å². The zero-order valence-corrected chi connectivity index (χ0v) is 24.6. The van der Waals surface area contributed by atoms with Crippen molar-refractivity contribution in [3.05, 3.63) is 83.9 Å². The zero-order valence-electron chi connectivity index (χ0n) is 23.8. The Kier molecular flexibility index (Phi) is 8.92. The summed E-state index contributed by atoms with van der Waals surface area (Å²) in [6.45, 7) is 5.16. The highest BCUT2D eigenvalue weighted by Crippen LogP contribution is 2.47. The molecule has 2 amide bonds. The molecule has 6 nitrogen and oxygen atoms in total. The van der Waals surface area contributed by atoms with Crippen molar-refractivity contribution >= 4 is 35.0 Å². The smallest absolute Gasteiger partial charge is 0.245 e. The maximum Gasteiger partial charge on any atom is 0.245 e. The molecule has 41 heavy (non-hydrogen) atoms. The molecule has 0 unspecified atom stereocenters. The van der Waals surface area contributed by atoms with Crippen LogP contribution in [0.1, 0.15) is 49.7 Å². The second kappa shape index (κ2) is 13.1. The second-order valence-corrected chi connectivity index (χ2v) is 12.5. The van der Waals surface area contributed by atoms with Gasteiger partial charge in [-0.05, 0) is 87.1 Å². The van der Waals surface area contributed by atoms with Gasteiger partial charge in [-0.3, -0.25) is 9.59 Å². The minimum Gasteiger partial charge on any atom is -0.344 e. The van der Waals surface area contributed by atoms with Gasteiger partial charge in [0.25, 0.3) is 0 Å². The first-order chi connectivity index (χ1) is 20.2. The molecule has 3 aliphatic rings. The third-order valence-electron chi connectivity index (χ3n) is 8.59. The van der Waals surface area contributed by atoms with Gasteiger partial charge < -0.3 is 20.0 Å². The van der Waals surface area contributed by atoms with Crippen LogP contribution in [0, 0.1) is 0 Å². The Bertz CT molecular complexity index is 1330. The van der Waals surface area contributed by atoms with E-state index in [0.29, 0.717) is 32.5 Å². The quantitative estimate of drug-likeness (QED) is 0.342. The molecule has 7 heteroatoms. The molecule has 3 aromatic rings. The lowest BCUT2D eigenvalue weighted by atomic mass is 9.98. The lowest BCUT2D eigenvalue weighted by Crippen LogP contribution is -2.50. The zero-order chi connectivity index (χ0) is 28.0. The van der Waals surface area contributed by atoms with Crippen molar-refractivity contribution in [1.82, 2.24) is 15.1 Å². The molecule has 3 aliphatic heterocycles. The van der Waals surface area contributed by atoms with Gasteiger partial charge in [0.1, 0.15) is 6.04 Å². The Balaban J connectivity index is 1.12. The second-order valence-electron chi connectivity index (χ2n) is 11.4. The Hall–Kier alpha value is -3.29. The molecule has 3 aromatic carbocycles. The van der Waals surface area contributed by atoms with Crippen LogP contribution in [0.3, 0.4) is 0 Å². The molecule has 1 N–H and O–H groups in total. The number of fused-ring (bicyclic) bond motifs is 3. The number of rotatable bonds is 9. The highest BCUT2D eigenvalue weighted by Gasteiger charge is 2.29. The van der Waals surface area contributed by atoms with E-state index >= 15 is 0 Å². The van der Waals surface area contributed by atoms with Gasteiger partial charge in [-0.2, -0.15) is 0 Å². The van der Waals surface area contributed by atoms with Crippen molar-refractivity contribution in [2.75, 3.05) is 37.6 Å². The number of para-hydroxylation sites is 2. The molecule has 1 saturated heterocycles. The highest BCUT2D eigenvalue weighted by molar-refractivity contribution is 7.99. The normalized spacial score (nSPS) is 17.3. The average Bonchev–Trinajstić information content (AvgIpc) is 3.02. The Morgan fingerprint density at radius 3 is 2.17 bits per heavy atom. The van der Waals surface area contributed by atoms with Crippen molar-refractivity contribution in [2.45, 2.75) is 67.3 Å². The van der Waals surface area contributed by atoms with Gasteiger partial charge in [-0.15, -0.1) is 0 Å². The molecule has 6 rings (SSSR count). The standard InChI is InChI=1S/C34H40N4O2S/c39-33(19-24-38-29-14-4-6-16-31(29)41-32-17-7-5-15-30(32)38)35-28(13-10-22-36-20-8-1-9-21-36)34(40)37-23-18-26-11-2-3-12-27(26)25-37/h2-7,11-12,14-17,28H,1,8-10,13,18-25H2,(H,35,39)/t28-/m0/s1. The van der Waals surface area contributed by atoms with Crippen LogP contribution < -0.4 is 10.2 Å². The number of likely N-dealkylation sites (tertiary alicyclic amines) is 1. The summed E-state index contributed by atoms with van der Waals surface area (Å²) in [4.78, 5) is 36.4. The maximum atomic E-state index is 13.8. The van der Waals surface area contributed by atoms with Crippen LogP contribution in [-0.4, -0.2) is 60.4 Å². The summed E-state index contributed by atoms with van der Waals surface area (Å²) in [6.07, 6.45) is 6.60. The molecule has 1 fully saturated rings. The largest absolute Gasteiger partial charge is 0.344 e. The number of anilines is 2. The first-order valence-electron chi connectivity index (χ1n) is 15.2. The van der Waals surface area contributed by atoms with Gasteiger partial charge in [0.05, 0.1) is 11.4 Å². The molecule has 0 spiro atoms. The van der Waals surface area contributed by atoms with Gasteiger partial charge >= 0.3 is 0 Å². The number of hydrogen-bond acceptors (Lipinski definition) is 5. The summed E-state index contributed by atoms with van der Waals surface area (Å²) in [6, 6.07) is 24.6. The van der Waals surface area contributed by atoms with E-state index in [4.69, 9.17) is 0 Å². The van der Waals surface area contributed by atoms with E-state index < -0.39 is 6.04 Å². The summed E-state index contributed by atoms with van der Waals surface area (Å²) in [5.74, 6) is -0.0107. The van der Waals surface area contributed by atoms with Crippen molar-refractivity contribution in [3.8, 4) is 0 Å². The summed E-state index contributed by atoms with van der Waals surface area (Å²) < 4.78 is 0. The Morgan fingerprint density at radius 2 is 1.44 bits per heavy atom. The van der Waals surface area contributed by atoms with E-state index in [1.54, 1.807) is 11.8 Å². The van der Waals surface area contributed by atoms with Crippen LogP contribution in [0.5, 0.6) is 0 Å². The maximum absolute atomic E-state index is 13.8. The first kappa shape index (κ1) is 27.9. The number of benzene rings is 3. The number of nitrogens with zero attached hydrogens (tertiary/aromatic N) is 3. The topological polar surface area (TPSA) is 55.9 Å². The molecular formula is C34H40N4O2S.